The monoisotopic (exact) mass is 362 g/mol. The Morgan fingerprint density at radius 2 is 1.96 bits per heavy atom. The molecular weight excluding hydrogens is 340 g/mol. The molecule has 0 aliphatic carbocycles. The predicted molar refractivity (Wildman–Crippen MR) is 106 cm³/mol. The van der Waals surface area contributed by atoms with Gasteiger partial charge in [0.15, 0.2) is 5.69 Å². The molecule has 2 heterocycles. The molecule has 2 aromatic carbocycles. The van der Waals surface area contributed by atoms with Gasteiger partial charge in [-0.05, 0) is 66.9 Å². The standard InChI is InChI=1S/C21H22N4O2/c1-24-12-3-4-15-14-16(5-10-20(15)24)22-21(26)19-11-13-25(23-19)17-6-8-18(27-2)9-7-17/h5-11,13-14H,3-4,12H2,1-2H3,(H,22,26). The molecule has 138 valence electrons. The number of ether oxygens (including phenoxy) is 1. The molecule has 1 aliphatic heterocycles. The van der Waals surface area contributed by atoms with Crippen LogP contribution in [0.1, 0.15) is 22.5 Å². The van der Waals surface area contributed by atoms with Gasteiger partial charge >= 0.3 is 0 Å². The summed E-state index contributed by atoms with van der Waals surface area (Å²) in [7, 11) is 3.73. The van der Waals surface area contributed by atoms with Crippen LogP contribution < -0.4 is 15.0 Å². The molecule has 4 rings (SSSR count). The fourth-order valence-corrected chi connectivity index (χ4v) is 3.38. The van der Waals surface area contributed by atoms with E-state index in [0.29, 0.717) is 5.69 Å². The van der Waals surface area contributed by atoms with Gasteiger partial charge in [-0.25, -0.2) is 4.68 Å². The van der Waals surface area contributed by atoms with E-state index in [1.54, 1.807) is 24.1 Å². The Labute approximate surface area is 158 Å². The summed E-state index contributed by atoms with van der Waals surface area (Å²) in [5.41, 5.74) is 4.55. The van der Waals surface area contributed by atoms with Crippen LogP contribution in [0.25, 0.3) is 5.69 Å². The molecule has 6 heteroatoms. The summed E-state index contributed by atoms with van der Waals surface area (Å²) in [4.78, 5) is 14.8. The van der Waals surface area contributed by atoms with Crippen LogP contribution in [0.5, 0.6) is 5.75 Å². The van der Waals surface area contributed by atoms with Crippen molar-refractivity contribution < 1.29 is 9.53 Å². The summed E-state index contributed by atoms with van der Waals surface area (Å²) < 4.78 is 6.84. The van der Waals surface area contributed by atoms with Gasteiger partial charge in [-0.15, -0.1) is 0 Å². The molecule has 1 aliphatic rings. The number of carbonyl (C=O) groups excluding carboxylic acids is 1. The Bertz CT molecular complexity index is 963. The number of fused-ring (bicyclic) bond motifs is 1. The largest absolute Gasteiger partial charge is 0.497 e. The highest BCUT2D eigenvalue weighted by molar-refractivity contribution is 6.03. The third kappa shape index (κ3) is 3.51. The molecule has 0 saturated heterocycles. The maximum Gasteiger partial charge on any atom is 0.276 e. The maximum atomic E-state index is 12.6. The van der Waals surface area contributed by atoms with Gasteiger partial charge in [0, 0.05) is 31.2 Å². The number of hydrogen-bond acceptors (Lipinski definition) is 4. The van der Waals surface area contributed by atoms with Crippen LogP contribution in [0.4, 0.5) is 11.4 Å². The molecule has 6 nitrogen and oxygen atoms in total. The van der Waals surface area contributed by atoms with Gasteiger partial charge in [0.05, 0.1) is 12.8 Å². The second-order valence-electron chi connectivity index (χ2n) is 6.67. The number of nitrogens with one attached hydrogen (secondary N) is 1. The zero-order valence-corrected chi connectivity index (χ0v) is 15.5. The van der Waals surface area contributed by atoms with Crippen molar-refractivity contribution in [3.63, 3.8) is 0 Å². The van der Waals surface area contributed by atoms with E-state index in [0.717, 1.165) is 36.5 Å². The van der Waals surface area contributed by atoms with Crippen LogP contribution in [-0.2, 0) is 6.42 Å². The molecule has 0 atom stereocenters. The van der Waals surface area contributed by atoms with Gasteiger partial charge < -0.3 is 15.0 Å². The van der Waals surface area contributed by atoms with Crippen LogP contribution in [0.2, 0.25) is 0 Å². The van der Waals surface area contributed by atoms with Gasteiger partial charge in [-0.2, -0.15) is 5.10 Å². The number of hydrogen-bond donors (Lipinski definition) is 1. The highest BCUT2D eigenvalue weighted by atomic mass is 16.5. The topological polar surface area (TPSA) is 59.4 Å². The molecular formula is C21H22N4O2. The summed E-state index contributed by atoms with van der Waals surface area (Å²) in [6.07, 6.45) is 3.95. The molecule has 1 aromatic heterocycles. The lowest BCUT2D eigenvalue weighted by atomic mass is 10.0. The number of benzene rings is 2. The average molecular weight is 362 g/mol. The molecule has 0 saturated carbocycles. The zero-order chi connectivity index (χ0) is 18.8. The Hall–Kier alpha value is -3.28. The van der Waals surface area contributed by atoms with E-state index in [4.69, 9.17) is 4.74 Å². The van der Waals surface area contributed by atoms with Crippen LogP contribution >= 0.6 is 0 Å². The Morgan fingerprint density at radius 1 is 1.15 bits per heavy atom. The molecule has 3 aromatic rings. The van der Waals surface area contributed by atoms with Crippen molar-refractivity contribution in [3.05, 3.63) is 66.0 Å². The van der Waals surface area contributed by atoms with Crippen molar-refractivity contribution in [2.24, 2.45) is 0 Å². The van der Waals surface area contributed by atoms with E-state index >= 15 is 0 Å². The summed E-state index contributed by atoms with van der Waals surface area (Å²) in [5, 5.41) is 7.34. The minimum atomic E-state index is -0.216. The average Bonchev–Trinajstić information content (AvgIpc) is 3.18. The molecule has 0 bridgehead atoms. The van der Waals surface area contributed by atoms with Gasteiger partial charge in [0.2, 0.25) is 0 Å². The van der Waals surface area contributed by atoms with Crippen LogP contribution in [0.15, 0.2) is 54.7 Å². The van der Waals surface area contributed by atoms with Crippen molar-refractivity contribution in [1.29, 1.82) is 0 Å². The van der Waals surface area contributed by atoms with Crippen molar-refractivity contribution in [1.82, 2.24) is 9.78 Å². The lowest BCUT2D eigenvalue weighted by molar-refractivity contribution is 0.102. The summed E-state index contributed by atoms with van der Waals surface area (Å²) >= 11 is 0. The smallest absolute Gasteiger partial charge is 0.276 e. The predicted octanol–water partition coefficient (Wildman–Crippen LogP) is 3.52. The maximum absolute atomic E-state index is 12.6. The molecule has 0 spiro atoms. The second kappa shape index (κ2) is 7.15. The minimum Gasteiger partial charge on any atom is -0.497 e. The van der Waals surface area contributed by atoms with Gasteiger partial charge in [-0.3, -0.25) is 4.79 Å². The first kappa shape index (κ1) is 17.1. The molecule has 0 unspecified atom stereocenters. The highest BCUT2D eigenvalue weighted by Gasteiger charge is 2.16. The Balaban J connectivity index is 1.49. The van der Waals surface area contributed by atoms with E-state index in [1.165, 1.54) is 11.3 Å². The van der Waals surface area contributed by atoms with E-state index in [-0.39, 0.29) is 5.91 Å². The number of aryl methyl sites for hydroxylation is 1. The number of methoxy groups -OCH3 is 1. The first-order chi connectivity index (χ1) is 13.1. The molecule has 1 amide bonds. The highest BCUT2D eigenvalue weighted by Crippen LogP contribution is 2.28. The van der Waals surface area contributed by atoms with Crippen molar-refractivity contribution in [2.45, 2.75) is 12.8 Å². The Kier molecular flexibility index (Phi) is 4.54. The summed E-state index contributed by atoms with van der Waals surface area (Å²) in [6.45, 7) is 1.07. The number of rotatable bonds is 4. The Morgan fingerprint density at radius 3 is 2.74 bits per heavy atom. The van der Waals surface area contributed by atoms with E-state index in [1.807, 2.05) is 30.3 Å². The van der Waals surface area contributed by atoms with Gasteiger partial charge in [0.25, 0.3) is 5.91 Å². The van der Waals surface area contributed by atoms with Crippen molar-refractivity contribution in [2.75, 3.05) is 30.9 Å². The number of nitrogens with zero attached hydrogens (tertiary/aromatic N) is 3. The van der Waals surface area contributed by atoms with Crippen molar-refractivity contribution in [3.8, 4) is 11.4 Å². The van der Waals surface area contributed by atoms with E-state index in [2.05, 4.69) is 34.5 Å². The minimum absolute atomic E-state index is 0.216. The summed E-state index contributed by atoms with van der Waals surface area (Å²) in [5.74, 6) is 0.563. The number of amides is 1. The second-order valence-corrected chi connectivity index (χ2v) is 6.67. The number of carbonyl (C=O) groups is 1. The zero-order valence-electron chi connectivity index (χ0n) is 15.5. The quantitative estimate of drug-likeness (QED) is 0.772. The van der Waals surface area contributed by atoms with Crippen molar-refractivity contribution >= 4 is 17.3 Å². The molecule has 0 radical (unpaired) electrons. The lowest BCUT2D eigenvalue weighted by Gasteiger charge is -2.27. The summed E-state index contributed by atoms with van der Waals surface area (Å²) in [6, 6.07) is 15.3. The third-order valence-corrected chi connectivity index (χ3v) is 4.85. The molecule has 27 heavy (non-hydrogen) atoms. The first-order valence-corrected chi connectivity index (χ1v) is 8.99. The number of aromatic nitrogens is 2. The third-order valence-electron chi connectivity index (χ3n) is 4.85. The number of anilines is 2. The molecule has 0 fully saturated rings. The van der Waals surface area contributed by atoms with E-state index < -0.39 is 0 Å². The van der Waals surface area contributed by atoms with Gasteiger partial charge in [-0.1, -0.05) is 0 Å². The van der Waals surface area contributed by atoms with E-state index in [9.17, 15) is 4.79 Å². The lowest BCUT2D eigenvalue weighted by Crippen LogP contribution is -2.24. The van der Waals surface area contributed by atoms with Crippen LogP contribution in [0.3, 0.4) is 0 Å². The fourth-order valence-electron chi connectivity index (χ4n) is 3.38. The van der Waals surface area contributed by atoms with Gasteiger partial charge in [0.1, 0.15) is 5.75 Å². The van der Waals surface area contributed by atoms with Crippen LogP contribution in [0, 0.1) is 0 Å². The molecule has 1 N–H and O–H groups in total. The fraction of sp³-hybridized carbons (Fsp3) is 0.238. The van der Waals surface area contributed by atoms with Crippen LogP contribution in [-0.4, -0.2) is 36.4 Å². The first-order valence-electron chi connectivity index (χ1n) is 8.99. The SMILES string of the molecule is COc1ccc(-n2ccc(C(=O)Nc3ccc4c(c3)CCCN4C)n2)cc1. The normalized spacial score (nSPS) is 13.2.